The Bertz CT molecular complexity index is 580. The van der Waals surface area contributed by atoms with E-state index >= 15 is 0 Å². The molecule has 1 aromatic carbocycles. The average Bonchev–Trinajstić information content (AvgIpc) is 2.37. The van der Waals surface area contributed by atoms with Crippen LogP contribution in [0, 0.1) is 0 Å². The molecule has 3 nitrogen and oxygen atoms in total. The van der Waals surface area contributed by atoms with Crippen molar-refractivity contribution in [3.63, 3.8) is 0 Å². The van der Waals surface area contributed by atoms with Gasteiger partial charge in [0, 0.05) is 21.1 Å². The Morgan fingerprint density at radius 2 is 2.06 bits per heavy atom. The first-order valence-corrected chi connectivity index (χ1v) is 7.42. The third kappa shape index (κ3) is 3.71. The number of nitrogens with one attached hydrogen (secondary N) is 1. The molecule has 0 aliphatic rings. The fourth-order valence-corrected chi connectivity index (χ4v) is 2.53. The maximum Gasteiger partial charge on any atom is 0.251 e. The zero-order valence-corrected chi connectivity index (χ0v) is 12.3. The number of thioether (sulfide) groups is 1. The van der Waals surface area contributed by atoms with Crippen molar-refractivity contribution in [2.24, 2.45) is 0 Å². The van der Waals surface area contributed by atoms with Gasteiger partial charge in [0.05, 0.1) is 5.75 Å². The van der Waals surface area contributed by atoms with Gasteiger partial charge in [-0.3, -0.25) is 4.79 Å². The largest absolute Gasteiger partial charge is 0.310 e. The van der Waals surface area contributed by atoms with E-state index in [1.54, 1.807) is 17.8 Å². The molecule has 5 heteroatoms. The highest BCUT2D eigenvalue weighted by atomic mass is 79.9. The number of H-pyrrole nitrogens is 1. The van der Waals surface area contributed by atoms with Gasteiger partial charge in [0.15, 0.2) is 0 Å². The second-order valence-corrected chi connectivity index (χ2v) is 5.74. The lowest BCUT2D eigenvalue weighted by Crippen LogP contribution is -2.11. The van der Waals surface area contributed by atoms with Crippen molar-refractivity contribution < 1.29 is 0 Å². The first-order chi connectivity index (χ1) is 8.67. The van der Waals surface area contributed by atoms with Gasteiger partial charge in [-0.1, -0.05) is 22.9 Å². The van der Waals surface area contributed by atoms with Crippen LogP contribution in [0.2, 0.25) is 0 Å². The zero-order chi connectivity index (χ0) is 13.0. The molecule has 2 aromatic rings. The van der Waals surface area contributed by atoms with Crippen LogP contribution in [0.3, 0.4) is 0 Å². The highest BCUT2D eigenvalue weighted by Gasteiger charge is 2.01. The summed E-state index contributed by atoms with van der Waals surface area (Å²) in [5.74, 6) is 1.40. The summed E-state index contributed by atoms with van der Waals surface area (Å²) in [6.45, 7) is 1.99. The lowest BCUT2D eigenvalue weighted by atomic mass is 10.3. The molecule has 0 radical (unpaired) electrons. The molecular weight excluding hydrogens is 312 g/mol. The zero-order valence-electron chi connectivity index (χ0n) is 9.94. The van der Waals surface area contributed by atoms with Crippen LogP contribution in [0.25, 0.3) is 0 Å². The summed E-state index contributed by atoms with van der Waals surface area (Å²) in [5, 5.41) is 0. The summed E-state index contributed by atoms with van der Waals surface area (Å²) in [5.41, 5.74) is 0.762. The number of aromatic nitrogens is 2. The summed E-state index contributed by atoms with van der Waals surface area (Å²) in [7, 11) is 0. The molecule has 0 amide bonds. The maximum atomic E-state index is 11.4. The quantitative estimate of drug-likeness (QED) is 0.877. The van der Waals surface area contributed by atoms with Crippen LogP contribution >= 0.6 is 27.7 Å². The molecule has 0 aliphatic carbocycles. The minimum Gasteiger partial charge on any atom is -0.310 e. The molecule has 0 fully saturated rings. The van der Waals surface area contributed by atoms with Crippen molar-refractivity contribution >= 4 is 27.7 Å². The summed E-state index contributed by atoms with van der Waals surface area (Å²) < 4.78 is 1.06. The number of nitrogens with zero attached hydrogens (tertiary/aromatic N) is 1. The number of hydrogen-bond donors (Lipinski definition) is 1. The van der Waals surface area contributed by atoms with Gasteiger partial charge in [-0.2, -0.15) is 0 Å². The molecule has 0 saturated heterocycles. The van der Waals surface area contributed by atoms with Crippen LogP contribution < -0.4 is 5.56 Å². The number of aryl methyl sites for hydroxylation is 1. The van der Waals surface area contributed by atoms with Crippen LogP contribution in [-0.2, 0) is 12.2 Å². The van der Waals surface area contributed by atoms with E-state index in [0.29, 0.717) is 5.75 Å². The predicted molar refractivity (Wildman–Crippen MR) is 77.9 cm³/mol. The smallest absolute Gasteiger partial charge is 0.251 e. The molecule has 0 unspecified atom stereocenters. The summed E-state index contributed by atoms with van der Waals surface area (Å²) in [6.07, 6.45) is 0.778. The Hall–Kier alpha value is -1.07. The van der Waals surface area contributed by atoms with E-state index in [1.807, 2.05) is 31.2 Å². The number of halogens is 1. The minimum absolute atomic E-state index is 0.0757. The van der Waals surface area contributed by atoms with E-state index in [-0.39, 0.29) is 5.56 Å². The third-order valence-corrected chi connectivity index (χ3v) is 3.95. The Balaban J connectivity index is 2.08. The summed E-state index contributed by atoms with van der Waals surface area (Å²) in [4.78, 5) is 19.7. The first kappa shape index (κ1) is 13.4. The van der Waals surface area contributed by atoms with E-state index in [2.05, 4.69) is 25.9 Å². The van der Waals surface area contributed by atoms with Gasteiger partial charge in [0.25, 0.3) is 5.56 Å². The third-order valence-electron chi connectivity index (χ3n) is 2.40. The molecule has 1 N–H and O–H groups in total. The highest BCUT2D eigenvalue weighted by Crippen LogP contribution is 2.22. The molecule has 1 aromatic heterocycles. The lowest BCUT2D eigenvalue weighted by molar-refractivity contribution is 0.920. The lowest BCUT2D eigenvalue weighted by Gasteiger charge is -2.03. The Labute approximate surface area is 118 Å². The maximum absolute atomic E-state index is 11.4. The van der Waals surface area contributed by atoms with Crippen molar-refractivity contribution in [1.29, 1.82) is 0 Å². The number of hydrogen-bond acceptors (Lipinski definition) is 3. The molecule has 94 valence electrons. The number of benzene rings is 1. The number of aromatic amines is 1. The van der Waals surface area contributed by atoms with Crippen LogP contribution in [0.15, 0.2) is 44.5 Å². The normalized spacial score (nSPS) is 10.6. The molecule has 18 heavy (non-hydrogen) atoms. The summed E-state index contributed by atoms with van der Waals surface area (Å²) >= 11 is 5.06. The van der Waals surface area contributed by atoms with E-state index in [0.717, 1.165) is 27.3 Å². The van der Waals surface area contributed by atoms with Gasteiger partial charge in [-0.15, -0.1) is 11.8 Å². The second kappa shape index (κ2) is 6.20. The molecule has 0 bridgehead atoms. The van der Waals surface area contributed by atoms with E-state index < -0.39 is 0 Å². The van der Waals surface area contributed by atoms with Crippen LogP contribution in [0.5, 0.6) is 0 Å². The Kier molecular flexibility index (Phi) is 4.60. The molecule has 0 atom stereocenters. The Morgan fingerprint density at radius 1 is 1.33 bits per heavy atom. The Morgan fingerprint density at radius 3 is 2.72 bits per heavy atom. The topological polar surface area (TPSA) is 45.8 Å². The summed E-state index contributed by atoms with van der Waals surface area (Å²) in [6, 6.07) is 9.63. The van der Waals surface area contributed by atoms with Crippen molar-refractivity contribution in [1.82, 2.24) is 9.97 Å². The van der Waals surface area contributed by atoms with E-state index in [9.17, 15) is 4.79 Å². The molecule has 2 rings (SSSR count). The average molecular weight is 325 g/mol. The second-order valence-electron chi connectivity index (χ2n) is 3.78. The van der Waals surface area contributed by atoms with Crippen LogP contribution in [-0.4, -0.2) is 9.97 Å². The van der Waals surface area contributed by atoms with Gasteiger partial charge >= 0.3 is 0 Å². The molecule has 0 spiro atoms. The number of rotatable bonds is 4. The SMILES string of the molecule is CCc1cc(=O)[nH]c(CSc2ccc(Br)cc2)n1. The molecule has 1 heterocycles. The highest BCUT2D eigenvalue weighted by molar-refractivity contribution is 9.10. The molecule has 0 aliphatic heterocycles. The van der Waals surface area contributed by atoms with Crippen LogP contribution in [0.1, 0.15) is 18.4 Å². The van der Waals surface area contributed by atoms with Crippen molar-refractivity contribution in [2.45, 2.75) is 24.0 Å². The van der Waals surface area contributed by atoms with Gasteiger partial charge in [-0.05, 0) is 30.7 Å². The monoisotopic (exact) mass is 324 g/mol. The first-order valence-electron chi connectivity index (χ1n) is 5.65. The predicted octanol–water partition coefficient (Wildman–Crippen LogP) is 3.39. The standard InChI is InChI=1S/C13H13BrN2OS/c1-2-10-7-13(17)16-12(15-10)8-18-11-5-3-9(14)4-6-11/h3-7H,2,8H2,1H3,(H,15,16,17). The van der Waals surface area contributed by atoms with Crippen LogP contribution in [0.4, 0.5) is 0 Å². The van der Waals surface area contributed by atoms with Gasteiger partial charge in [0.2, 0.25) is 0 Å². The van der Waals surface area contributed by atoms with Crippen molar-refractivity contribution in [3.05, 3.63) is 56.7 Å². The van der Waals surface area contributed by atoms with E-state index in [4.69, 9.17) is 0 Å². The van der Waals surface area contributed by atoms with Crippen molar-refractivity contribution in [3.8, 4) is 0 Å². The van der Waals surface area contributed by atoms with E-state index in [1.165, 1.54) is 0 Å². The minimum atomic E-state index is -0.0757. The van der Waals surface area contributed by atoms with Crippen molar-refractivity contribution in [2.75, 3.05) is 0 Å². The fourth-order valence-electron chi connectivity index (χ4n) is 1.50. The van der Waals surface area contributed by atoms with Gasteiger partial charge in [0.1, 0.15) is 5.82 Å². The molecule has 0 saturated carbocycles. The van der Waals surface area contributed by atoms with Gasteiger partial charge in [-0.25, -0.2) is 4.98 Å². The fraction of sp³-hybridized carbons (Fsp3) is 0.231. The molecular formula is C13H13BrN2OS. The van der Waals surface area contributed by atoms with Gasteiger partial charge < -0.3 is 4.98 Å².